The van der Waals surface area contributed by atoms with Gasteiger partial charge in [0.1, 0.15) is 0 Å². The quantitative estimate of drug-likeness (QED) is 0.784. The molecule has 1 aromatic rings. The molecular weight excluding hydrogens is 248 g/mol. The first kappa shape index (κ1) is 10.1. The maximum absolute atomic E-state index is 5.57. The van der Waals surface area contributed by atoms with E-state index in [1.54, 1.807) is 0 Å². The number of nitrogens with zero attached hydrogens (tertiary/aromatic N) is 2. The average Bonchev–Trinajstić information content (AvgIpc) is 2.86. The number of hydrogen-bond acceptors (Lipinski definition) is 4. The summed E-state index contributed by atoms with van der Waals surface area (Å²) in [5.74, 6) is 1.69. The fraction of sp³-hybridized carbons (Fsp3) is 0.778. The molecule has 2 atom stereocenters. The van der Waals surface area contributed by atoms with E-state index in [1.165, 1.54) is 0 Å². The molecule has 2 rings (SSSR count). The van der Waals surface area contributed by atoms with Gasteiger partial charge in [0.2, 0.25) is 11.8 Å². The van der Waals surface area contributed by atoms with Gasteiger partial charge in [-0.05, 0) is 12.8 Å². The molecule has 5 heteroatoms. The number of halogens is 1. The first-order chi connectivity index (χ1) is 6.81. The van der Waals surface area contributed by atoms with E-state index in [4.69, 9.17) is 9.15 Å². The summed E-state index contributed by atoms with van der Waals surface area (Å²) in [6.07, 6.45) is 1.93. The second-order valence-corrected chi connectivity index (χ2v) is 4.52. The van der Waals surface area contributed by atoms with E-state index in [0.717, 1.165) is 25.3 Å². The number of alkyl halides is 1. The Morgan fingerprint density at radius 2 is 2.43 bits per heavy atom. The number of hydrogen-bond donors (Lipinski definition) is 0. The summed E-state index contributed by atoms with van der Waals surface area (Å²) in [6, 6.07) is 0. The minimum Gasteiger partial charge on any atom is -0.424 e. The Morgan fingerprint density at radius 3 is 3.07 bits per heavy atom. The molecule has 1 aliphatic heterocycles. The Labute approximate surface area is 91.2 Å². The molecule has 0 bridgehead atoms. The fourth-order valence-electron chi connectivity index (χ4n) is 1.44. The van der Waals surface area contributed by atoms with E-state index >= 15 is 0 Å². The zero-order valence-electron chi connectivity index (χ0n) is 8.07. The Morgan fingerprint density at radius 1 is 1.57 bits per heavy atom. The van der Waals surface area contributed by atoms with E-state index in [0.29, 0.717) is 18.4 Å². The van der Waals surface area contributed by atoms with Gasteiger partial charge in [0.05, 0.1) is 17.4 Å². The van der Waals surface area contributed by atoms with Crippen LogP contribution in [0.4, 0.5) is 0 Å². The standard InChI is InChI=1S/C9H13BrN2O2/c1-2-7(10)9-12-11-8(14-9)6-3-4-13-5-6/h6-7H,2-5H2,1H3. The maximum atomic E-state index is 5.57. The molecule has 0 radical (unpaired) electrons. The van der Waals surface area contributed by atoms with Gasteiger partial charge in [0, 0.05) is 6.61 Å². The zero-order chi connectivity index (χ0) is 9.97. The van der Waals surface area contributed by atoms with Crippen LogP contribution in [0, 0.1) is 0 Å². The largest absolute Gasteiger partial charge is 0.424 e. The van der Waals surface area contributed by atoms with E-state index in [-0.39, 0.29) is 4.83 Å². The molecule has 78 valence electrons. The van der Waals surface area contributed by atoms with E-state index in [2.05, 4.69) is 33.1 Å². The van der Waals surface area contributed by atoms with Crippen LogP contribution in [0.15, 0.2) is 4.42 Å². The molecule has 2 heterocycles. The van der Waals surface area contributed by atoms with E-state index in [9.17, 15) is 0 Å². The van der Waals surface area contributed by atoms with E-state index < -0.39 is 0 Å². The summed E-state index contributed by atoms with van der Waals surface area (Å²) in [4.78, 5) is 0.172. The lowest BCUT2D eigenvalue weighted by atomic mass is 10.1. The highest BCUT2D eigenvalue weighted by molar-refractivity contribution is 9.09. The van der Waals surface area contributed by atoms with Crippen LogP contribution in [0.3, 0.4) is 0 Å². The van der Waals surface area contributed by atoms with Crippen LogP contribution in [-0.2, 0) is 4.74 Å². The Bertz CT molecular complexity index is 297. The molecule has 4 nitrogen and oxygen atoms in total. The van der Waals surface area contributed by atoms with Gasteiger partial charge in [-0.15, -0.1) is 10.2 Å². The van der Waals surface area contributed by atoms with Crippen molar-refractivity contribution in [2.24, 2.45) is 0 Å². The van der Waals surface area contributed by atoms with Gasteiger partial charge in [-0.1, -0.05) is 22.9 Å². The second kappa shape index (κ2) is 4.40. The maximum Gasteiger partial charge on any atom is 0.230 e. The minimum absolute atomic E-state index is 0.172. The summed E-state index contributed by atoms with van der Waals surface area (Å²) in [5, 5.41) is 8.05. The lowest BCUT2D eigenvalue weighted by Crippen LogP contribution is -1.97. The van der Waals surface area contributed by atoms with Crippen molar-refractivity contribution in [3.8, 4) is 0 Å². The van der Waals surface area contributed by atoms with Gasteiger partial charge < -0.3 is 9.15 Å². The van der Waals surface area contributed by atoms with Crippen LogP contribution in [0.5, 0.6) is 0 Å². The molecular formula is C9H13BrN2O2. The third-order valence-corrected chi connectivity index (χ3v) is 3.40. The first-order valence-corrected chi connectivity index (χ1v) is 5.78. The lowest BCUT2D eigenvalue weighted by molar-refractivity contribution is 0.190. The summed E-state index contributed by atoms with van der Waals surface area (Å²) in [6.45, 7) is 3.58. The van der Waals surface area contributed by atoms with Crippen molar-refractivity contribution in [3.05, 3.63) is 11.8 Å². The Hall–Kier alpha value is -0.420. The van der Waals surface area contributed by atoms with Gasteiger partial charge in [0.15, 0.2) is 0 Å². The van der Waals surface area contributed by atoms with Gasteiger partial charge in [-0.25, -0.2) is 0 Å². The van der Waals surface area contributed by atoms with Gasteiger partial charge >= 0.3 is 0 Å². The highest BCUT2D eigenvalue weighted by Gasteiger charge is 2.24. The number of rotatable bonds is 3. The summed E-state index contributed by atoms with van der Waals surface area (Å²) in [5.41, 5.74) is 0. The molecule has 0 aromatic carbocycles. The van der Waals surface area contributed by atoms with Crippen LogP contribution >= 0.6 is 15.9 Å². The molecule has 0 amide bonds. The summed E-state index contributed by atoms with van der Waals surface area (Å²) < 4.78 is 10.8. The lowest BCUT2D eigenvalue weighted by Gasteiger charge is -2.00. The predicted molar refractivity (Wildman–Crippen MR) is 54.4 cm³/mol. The molecule has 1 aliphatic rings. The molecule has 1 fully saturated rings. The Balaban J connectivity index is 2.08. The highest BCUT2D eigenvalue weighted by Crippen LogP contribution is 2.29. The van der Waals surface area contributed by atoms with Crippen molar-refractivity contribution in [3.63, 3.8) is 0 Å². The van der Waals surface area contributed by atoms with Crippen molar-refractivity contribution in [2.75, 3.05) is 13.2 Å². The van der Waals surface area contributed by atoms with Crippen molar-refractivity contribution in [1.29, 1.82) is 0 Å². The van der Waals surface area contributed by atoms with Crippen LogP contribution in [0.2, 0.25) is 0 Å². The average molecular weight is 261 g/mol. The second-order valence-electron chi connectivity index (χ2n) is 3.41. The zero-order valence-corrected chi connectivity index (χ0v) is 9.66. The van der Waals surface area contributed by atoms with Crippen LogP contribution in [0.25, 0.3) is 0 Å². The SMILES string of the molecule is CCC(Br)c1nnc(C2CCOC2)o1. The predicted octanol–water partition coefficient (Wildman–Crippen LogP) is 2.42. The molecule has 0 spiro atoms. The number of ether oxygens (including phenoxy) is 1. The monoisotopic (exact) mass is 260 g/mol. The fourth-order valence-corrected chi connectivity index (χ4v) is 1.63. The molecule has 0 aliphatic carbocycles. The van der Waals surface area contributed by atoms with Crippen LogP contribution in [-0.4, -0.2) is 23.4 Å². The highest BCUT2D eigenvalue weighted by atomic mass is 79.9. The van der Waals surface area contributed by atoms with Crippen molar-refractivity contribution >= 4 is 15.9 Å². The molecule has 1 saturated heterocycles. The third kappa shape index (κ3) is 1.98. The van der Waals surface area contributed by atoms with Crippen molar-refractivity contribution in [1.82, 2.24) is 10.2 Å². The third-order valence-electron chi connectivity index (χ3n) is 2.36. The molecule has 1 aromatic heterocycles. The van der Waals surface area contributed by atoms with Crippen LogP contribution in [0.1, 0.15) is 42.3 Å². The minimum atomic E-state index is 0.172. The summed E-state index contributed by atoms with van der Waals surface area (Å²) >= 11 is 3.48. The number of aromatic nitrogens is 2. The van der Waals surface area contributed by atoms with E-state index in [1.807, 2.05) is 0 Å². The molecule has 14 heavy (non-hydrogen) atoms. The Kier molecular flexibility index (Phi) is 3.18. The van der Waals surface area contributed by atoms with Gasteiger partial charge in [-0.3, -0.25) is 0 Å². The molecule has 2 unspecified atom stereocenters. The van der Waals surface area contributed by atoms with Crippen molar-refractivity contribution in [2.45, 2.75) is 30.5 Å². The van der Waals surface area contributed by atoms with Gasteiger partial charge in [0.25, 0.3) is 0 Å². The first-order valence-electron chi connectivity index (χ1n) is 4.86. The van der Waals surface area contributed by atoms with Crippen molar-refractivity contribution < 1.29 is 9.15 Å². The van der Waals surface area contributed by atoms with Gasteiger partial charge in [-0.2, -0.15) is 0 Å². The smallest absolute Gasteiger partial charge is 0.230 e. The topological polar surface area (TPSA) is 48.2 Å². The molecule has 0 saturated carbocycles. The van der Waals surface area contributed by atoms with Crippen LogP contribution < -0.4 is 0 Å². The summed E-state index contributed by atoms with van der Waals surface area (Å²) in [7, 11) is 0. The molecule has 0 N–H and O–H groups in total. The normalized spacial score (nSPS) is 24.0.